The van der Waals surface area contributed by atoms with E-state index in [-0.39, 0.29) is 12.0 Å². The van der Waals surface area contributed by atoms with Crippen LogP contribution in [0.25, 0.3) is 0 Å². The maximum Gasteiger partial charge on any atom is 0.174 e. The Bertz CT molecular complexity index is 1040. The Hall–Kier alpha value is -2.38. The summed E-state index contributed by atoms with van der Waals surface area (Å²) in [6, 6.07) is 15.4. The Morgan fingerprint density at radius 2 is 2.12 bits per heavy atom. The summed E-state index contributed by atoms with van der Waals surface area (Å²) < 4.78 is 0. The molecular formula is C25H30ClN5O. The van der Waals surface area contributed by atoms with Crippen molar-refractivity contribution < 1.29 is 5.11 Å². The van der Waals surface area contributed by atoms with Crippen LogP contribution in [0, 0.1) is 5.92 Å². The molecule has 168 valence electrons. The first-order valence-electron chi connectivity index (χ1n) is 11.3. The molecule has 7 heteroatoms. The molecule has 3 unspecified atom stereocenters. The summed E-state index contributed by atoms with van der Waals surface area (Å²) in [5, 5.41) is 20.3. The van der Waals surface area contributed by atoms with Crippen LogP contribution in [0.5, 0.6) is 5.75 Å². The highest BCUT2D eigenvalue weighted by Gasteiger charge is 2.43. The van der Waals surface area contributed by atoms with E-state index in [1.807, 2.05) is 18.3 Å². The maximum atomic E-state index is 9.56. The number of likely N-dealkylation sites (tertiary alicyclic amines) is 1. The van der Waals surface area contributed by atoms with Gasteiger partial charge in [-0.1, -0.05) is 42.8 Å². The van der Waals surface area contributed by atoms with Crippen molar-refractivity contribution in [2.24, 2.45) is 10.9 Å². The molecule has 0 radical (unpaired) electrons. The Labute approximate surface area is 194 Å². The zero-order valence-corrected chi connectivity index (χ0v) is 19.0. The highest BCUT2D eigenvalue weighted by atomic mass is 35.5. The molecule has 3 aliphatic rings. The van der Waals surface area contributed by atoms with E-state index in [1.165, 1.54) is 5.56 Å². The number of nitrogens with one attached hydrogen (secondary N) is 3. The van der Waals surface area contributed by atoms with E-state index in [0.717, 1.165) is 55.4 Å². The van der Waals surface area contributed by atoms with Gasteiger partial charge in [-0.15, -0.1) is 0 Å². The maximum absolute atomic E-state index is 9.56. The average Bonchev–Trinajstić information content (AvgIpc) is 3.30. The zero-order valence-electron chi connectivity index (χ0n) is 18.3. The number of nitrogens with zero attached hydrogens (tertiary/aromatic N) is 2. The summed E-state index contributed by atoms with van der Waals surface area (Å²) >= 11 is 6.00. The van der Waals surface area contributed by atoms with E-state index in [1.54, 1.807) is 12.1 Å². The minimum absolute atomic E-state index is 0.113. The third kappa shape index (κ3) is 4.55. The summed E-state index contributed by atoms with van der Waals surface area (Å²) in [6.45, 7) is 6.35. The van der Waals surface area contributed by atoms with E-state index in [0.29, 0.717) is 17.1 Å². The highest BCUT2D eigenvalue weighted by molar-refractivity contribution is 6.32. The molecule has 3 heterocycles. The quantitative estimate of drug-likeness (QED) is 0.521. The van der Waals surface area contributed by atoms with Gasteiger partial charge in [0.2, 0.25) is 0 Å². The minimum atomic E-state index is -0.174. The molecule has 3 aliphatic heterocycles. The van der Waals surface area contributed by atoms with Crippen molar-refractivity contribution in [1.29, 1.82) is 0 Å². The van der Waals surface area contributed by atoms with Gasteiger partial charge < -0.3 is 15.7 Å². The van der Waals surface area contributed by atoms with Crippen LogP contribution < -0.4 is 16.0 Å². The number of allylic oxidation sites excluding steroid dienone is 1. The van der Waals surface area contributed by atoms with Crippen molar-refractivity contribution in [3.05, 3.63) is 76.5 Å². The van der Waals surface area contributed by atoms with Crippen molar-refractivity contribution in [2.75, 3.05) is 19.6 Å². The fraction of sp³-hybridized carbons (Fsp3) is 0.400. The summed E-state index contributed by atoms with van der Waals surface area (Å²) in [6.07, 6.45) is 4.61. The topological polar surface area (TPSA) is 71.9 Å². The van der Waals surface area contributed by atoms with E-state index in [4.69, 9.17) is 16.6 Å². The van der Waals surface area contributed by atoms with Crippen LogP contribution in [-0.2, 0) is 13.0 Å². The lowest BCUT2D eigenvalue weighted by Crippen LogP contribution is -2.43. The fourth-order valence-electron chi connectivity index (χ4n) is 5.01. The van der Waals surface area contributed by atoms with Crippen LogP contribution in [0.2, 0.25) is 5.02 Å². The van der Waals surface area contributed by atoms with Crippen LogP contribution in [0.15, 0.2) is 59.7 Å². The minimum Gasteiger partial charge on any atom is -0.506 e. The number of benzene rings is 2. The number of rotatable bonds is 7. The van der Waals surface area contributed by atoms with Gasteiger partial charge >= 0.3 is 0 Å². The number of hydrogen-bond acceptors (Lipinski definition) is 6. The smallest absolute Gasteiger partial charge is 0.174 e. The largest absolute Gasteiger partial charge is 0.506 e. The normalized spacial score (nSPS) is 26.9. The number of halogens is 1. The number of phenols is 1. The predicted octanol–water partition coefficient (Wildman–Crippen LogP) is 2.86. The molecule has 5 rings (SSSR count). The van der Waals surface area contributed by atoms with Crippen molar-refractivity contribution in [2.45, 2.75) is 38.3 Å². The third-order valence-corrected chi connectivity index (χ3v) is 7.17. The van der Waals surface area contributed by atoms with Crippen molar-refractivity contribution in [3.63, 3.8) is 0 Å². The first-order chi connectivity index (χ1) is 15.6. The van der Waals surface area contributed by atoms with Gasteiger partial charge in [0.15, 0.2) is 6.29 Å². The van der Waals surface area contributed by atoms with Crippen molar-refractivity contribution in [3.8, 4) is 5.75 Å². The van der Waals surface area contributed by atoms with Gasteiger partial charge in [0, 0.05) is 50.0 Å². The second-order valence-electron chi connectivity index (χ2n) is 8.98. The molecule has 4 atom stereocenters. The second kappa shape index (κ2) is 9.24. The van der Waals surface area contributed by atoms with Crippen LogP contribution >= 0.6 is 11.6 Å². The van der Waals surface area contributed by atoms with Crippen LogP contribution in [0.4, 0.5) is 0 Å². The number of phenolic OH excluding ortho intramolecular Hbond substituents is 1. The second-order valence-corrected chi connectivity index (χ2v) is 9.38. The summed E-state index contributed by atoms with van der Waals surface area (Å²) in [5.41, 5.74) is 4.54. The van der Waals surface area contributed by atoms with Crippen LogP contribution in [0.3, 0.4) is 0 Å². The molecule has 2 aromatic rings. The first kappa shape index (κ1) is 21.5. The molecule has 0 amide bonds. The Balaban J connectivity index is 1.20. The Morgan fingerprint density at radius 3 is 2.91 bits per heavy atom. The van der Waals surface area contributed by atoms with Gasteiger partial charge in [0.05, 0.1) is 10.7 Å². The third-order valence-electron chi connectivity index (χ3n) is 6.87. The molecule has 0 saturated carbocycles. The molecule has 2 aromatic carbocycles. The highest BCUT2D eigenvalue weighted by Crippen LogP contribution is 2.30. The summed E-state index contributed by atoms with van der Waals surface area (Å²) in [4.78, 5) is 7.47. The van der Waals surface area contributed by atoms with E-state index >= 15 is 0 Å². The average molecular weight is 452 g/mol. The lowest BCUT2D eigenvalue weighted by Gasteiger charge is -2.27. The monoisotopic (exact) mass is 451 g/mol. The molecular weight excluding hydrogens is 422 g/mol. The van der Waals surface area contributed by atoms with E-state index < -0.39 is 0 Å². The Morgan fingerprint density at radius 1 is 1.22 bits per heavy atom. The molecule has 0 aliphatic carbocycles. The van der Waals surface area contributed by atoms with Crippen LogP contribution in [0.1, 0.15) is 23.6 Å². The molecule has 0 aromatic heterocycles. The van der Waals surface area contributed by atoms with Crippen molar-refractivity contribution in [1.82, 2.24) is 20.9 Å². The molecule has 32 heavy (non-hydrogen) atoms. The number of fused-ring (bicyclic) bond motifs is 2. The molecule has 4 N–H and O–H groups in total. The summed E-state index contributed by atoms with van der Waals surface area (Å²) in [7, 11) is 0. The van der Waals surface area contributed by atoms with Gasteiger partial charge in [0.25, 0.3) is 0 Å². The van der Waals surface area contributed by atoms with E-state index in [9.17, 15) is 5.11 Å². The van der Waals surface area contributed by atoms with Gasteiger partial charge in [-0.25, -0.2) is 4.99 Å². The van der Waals surface area contributed by atoms with Gasteiger partial charge in [-0.05, 0) is 47.7 Å². The van der Waals surface area contributed by atoms with Crippen LogP contribution in [-0.4, -0.2) is 53.7 Å². The summed E-state index contributed by atoms with van der Waals surface area (Å²) in [5.74, 6) is 0.849. The molecule has 6 nitrogen and oxygen atoms in total. The molecule has 2 bridgehead atoms. The van der Waals surface area contributed by atoms with Gasteiger partial charge in [0.1, 0.15) is 5.75 Å². The van der Waals surface area contributed by atoms with Gasteiger partial charge in [-0.3, -0.25) is 10.2 Å². The number of aromatic hydroxyl groups is 1. The van der Waals surface area contributed by atoms with E-state index in [2.05, 4.69) is 52.0 Å². The van der Waals surface area contributed by atoms with Gasteiger partial charge in [-0.2, -0.15) is 0 Å². The Kier molecular flexibility index (Phi) is 6.20. The number of aliphatic imine (C=N–C) groups is 1. The molecule has 2 saturated heterocycles. The lowest BCUT2D eigenvalue weighted by atomic mass is 10.0. The zero-order chi connectivity index (χ0) is 22.1. The van der Waals surface area contributed by atoms with Crippen molar-refractivity contribution >= 4 is 17.3 Å². The molecule has 2 fully saturated rings. The fourth-order valence-corrected chi connectivity index (χ4v) is 5.21. The number of piperazine rings is 1. The first-order valence-corrected chi connectivity index (χ1v) is 11.7. The predicted molar refractivity (Wildman–Crippen MR) is 129 cm³/mol. The number of hydrogen-bond donors (Lipinski definition) is 4. The SMILES string of the molecule is C[C@H]1C2CN(Cc3cccc(C4=NC(NCCc5ccc(O)c(Cl)c5)NC=C4)c3)C1CN2. The molecule has 0 spiro atoms. The standard InChI is InChI=1S/C25H30ClN5O/c1-16-22-15-31(23(16)13-29-22)14-18-3-2-4-19(11-18)21-8-10-28-25(30-21)27-9-7-17-5-6-24(32)20(26)12-17/h2-6,8,10-12,16,22-23,25,27-29,32H,7,9,13-15H2,1H3/t16-,22?,23?,25?/m0/s1. The lowest BCUT2D eigenvalue weighted by molar-refractivity contribution is 0.210.